The smallest absolute Gasteiger partial charge is 0.176 e. The standard InChI is InChI=1S/C16H17FN2OS/c1-2-3-4-16-19(13-7-5-12(17)6-8-13)10-14(20-16)15-9-18-11-21-15/h5-11,16H,2-4H2,1H3. The SMILES string of the molecule is CCCCC1OC(c2cncs2)=CN1c1ccc(F)cc1. The van der Waals surface area contributed by atoms with Gasteiger partial charge in [-0.3, -0.25) is 4.98 Å². The number of nitrogens with zero attached hydrogens (tertiary/aromatic N) is 2. The zero-order chi connectivity index (χ0) is 14.7. The van der Waals surface area contributed by atoms with Crippen LogP contribution < -0.4 is 4.90 Å². The van der Waals surface area contributed by atoms with Crippen LogP contribution in [0.15, 0.2) is 42.2 Å². The Kier molecular flexibility index (Phi) is 4.20. The number of ether oxygens (including phenoxy) is 1. The summed E-state index contributed by atoms with van der Waals surface area (Å²) in [6, 6.07) is 6.52. The summed E-state index contributed by atoms with van der Waals surface area (Å²) < 4.78 is 19.2. The lowest BCUT2D eigenvalue weighted by atomic mass is 10.2. The van der Waals surface area contributed by atoms with E-state index in [1.54, 1.807) is 29.0 Å². The molecular formula is C16H17FN2OS. The molecule has 2 aromatic rings. The van der Waals surface area contributed by atoms with Gasteiger partial charge in [0.1, 0.15) is 5.82 Å². The average molecular weight is 304 g/mol. The van der Waals surface area contributed by atoms with Gasteiger partial charge < -0.3 is 9.64 Å². The van der Waals surface area contributed by atoms with Gasteiger partial charge in [-0.2, -0.15) is 0 Å². The van der Waals surface area contributed by atoms with Crippen molar-refractivity contribution in [1.29, 1.82) is 0 Å². The van der Waals surface area contributed by atoms with E-state index in [0.717, 1.165) is 35.6 Å². The van der Waals surface area contributed by atoms with Crippen molar-refractivity contribution in [2.45, 2.75) is 32.4 Å². The average Bonchev–Trinajstić information content (AvgIpc) is 3.15. The Morgan fingerprint density at radius 3 is 2.81 bits per heavy atom. The Balaban J connectivity index is 1.87. The molecule has 110 valence electrons. The van der Waals surface area contributed by atoms with Gasteiger partial charge in [-0.1, -0.05) is 13.3 Å². The monoisotopic (exact) mass is 304 g/mol. The summed E-state index contributed by atoms with van der Waals surface area (Å²) in [5, 5.41) is 0. The van der Waals surface area contributed by atoms with E-state index in [1.807, 2.05) is 12.4 Å². The van der Waals surface area contributed by atoms with Crippen molar-refractivity contribution in [3.8, 4) is 0 Å². The molecule has 1 unspecified atom stereocenters. The van der Waals surface area contributed by atoms with Crippen LogP contribution in [0.3, 0.4) is 0 Å². The van der Waals surface area contributed by atoms with Gasteiger partial charge in [-0.05, 0) is 30.7 Å². The molecule has 0 saturated carbocycles. The van der Waals surface area contributed by atoms with Crippen LogP contribution in [0.25, 0.3) is 5.76 Å². The molecule has 0 aliphatic carbocycles. The predicted molar refractivity (Wildman–Crippen MR) is 83.4 cm³/mol. The maximum absolute atomic E-state index is 13.1. The van der Waals surface area contributed by atoms with Crippen molar-refractivity contribution in [1.82, 2.24) is 4.98 Å². The fraction of sp³-hybridized carbons (Fsp3) is 0.312. The number of hydrogen-bond donors (Lipinski definition) is 0. The molecule has 0 radical (unpaired) electrons. The number of aromatic nitrogens is 1. The van der Waals surface area contributed by atoms with Crippen LogP contribution in [0.5, 0.6) is 0 Å². The highest BCUT2D eigenvalue weighted by molar-refractivity contribution is 7.10. The largest absolute Gasteiger partial charge is 0.467 e. The fourth-order valence-corrected chi connectivity index (χ4v) is 2.91. The summed E-state index contributed by atoms with van der Waals surface area (Å²) in [7, 11) is 0. The molecule has 1 aromatic heterocycles. The van der Waals surface area contributed by atoms with Gasteiger partial charge in [0.2, 0.25) is 0 Å². The van der Waals surface area contributed by atoms with Gasteiger partial charge in [0.05, 0.1) is 16.6 Å². The summed E-state index contributed by atoms with van der Waals surface area (Å²) in [6.45, 7) is 2.16. The molecule has 3 rings (SSSR count). The molecule has 0 bridgehead atoms. The summed E-state index contributed by atoms with van der Waals surface area (Å²) in [4.78, 5) is 7.18. The highest BCUT2D eigenvalue weighted by atomic mass is 32.1. The van der Waals surface area contributed by atoms with E-state index in [1.165, 1.54) is 12.1 Å². The number of unbranched alkanes of at least 4 members (excludes halogenated alkanes) is 1. The summed E-state index contributed by atoms with van der Waals surface area (Å²) in [5.74, 6) is 0.610. The second-order valence-electron chi connectivity index (χ2n) is 4.96. The molecule has 0 spiro atoms. The second kappa shape index (κ2) is 6.26. The molecule has 1 aliphatic heterocycles. The maximum atomic E-state index is 13.1. The van der Waals surface area contributed by atoms with Crippen molar-refractivity contribution in [3.63, 3.8) is 0 Å². The molecule has 21 heavy (non-hydrogen) atoms. The summed E-state index contributed by atoms with van der Waals surface area (Å²) in [6.07, 6.45) is 6.90. The quantitative estimate of drug-likeness (QED) is 0.805. The second-order valence-corrected chi connectivity index (χ2v) is 5.84. The lowest BCUT2D eigenvalue weighted by molar-refractivity contribution is 0.179. The Hall–Kier alpha value is -1.88. The molecule has 1 atom stereocenters. The number of rotatable bonds is 5. The van der Waals surface area contributed by atoms with Gasteiger partial charge in [0.25, 0.3) is 0 Å². The van der Waals surface area contributed by atoms with Crippen LogP contribution in [0.2, 0.25) is 0 Å². The van der Waals surface area contributed by atoms with E-state index in [0.29, 0.717) is 0 Å². The van der Waals surface area contributed by atoms with Crippen molar-refractivity contribution in [2.75, 3.05) is 4.90 Å². The molecule has 1 aliphatic rings. The van der Waals surface area contributed by atoms with E-state index in [4.69, 9.17) is 4.74 Å². The number of thiazole rings is 1. The molecule has 3 nitrogen and oxygen atoms in total. The fourth-order valence-electron chi connectivity index (χ4n) is 2.33. The molecule has 5 heteroatoms. The molecule has 0 saturated heterocycles. The summed E-state index contributed by atoms with van der Waals surface area (Å²) in [5.41, 5.74) is 2.73. The van der Waals surface area contributed by atoms with Gasteiger partial charge in [0.15, 0.2) is 12.0 Å². The Morgan fingerprint density at radius 1 is 1.33 bits per heavy atom. The first-order valence-electron chi connectivity index (χ1n) is 7.09. The van der Waals surface area contributed by atoms with Crippen LogP contribution in [0.4, 0.5) is 10.1 Å². The maximum Gasteiger partial charge on any atom is 0.176 e. The Labute approximate surface area is 127 Å². The molecule has 0 fully saturated rings. The minimum absolute atomic E-state index is 0.0347. The van der Waals surface area contributed by atoms with Gasteiger partial charge in [-0.25, -0.2) is 4.39 Å². The minimum atomic E-state index is -0.226. The zero-order valence-electron chi connectivity index (χ0n) is 11.8. The third-order valence-electron chi connectivity index (χ3n) is 3.43. The van der Waals surface area contributed by atoms with E-state index in [-0.39, 0.29) is 12.0 Å². The van der Waals surface area contributed by atoms with E-state index in [9.17, 15) is 4.39 Å². The third-order valence-corrected chi connectivity index (χ3v) is 4.22. The number of benzene rings is 1. The first-order valence-corrected chi connectivity index (χ1v) is 7.97. The lowest BCUT2D eigenvalue weighted by Gasteiger charge is -2.24. The van der Waals surface area contributed by atoms with Crippen molar-refractivity contribution >= 4 is 22.8 Å². The molecule has 2 heterocycles. The molecule has 0 N–H and O–H groups in total. The van der Waals surface area contributed by atoms with Crippen LogP contribution >= 0.6 is 11.3 Å². The molecule has 0 amide bonds. The molecule has 1 aromatic carbocycles. The lowest BCUT2D eigenvalue weighted by Crippen LogP contribution is -2.27. The van der Waals surface area contributed by atoms with Crippen LogP contribution in [-0.2, 0) is 4.74 Å². The van der Waals surface area contributed by atoms with E-state index < -0.39 is 0 Å². The number of halogens is 1. The zero-order valence-corrected chi connectivity index (χ0v) is 12.6. The predicted octanol–water partition coefficient (Wildman–Crippen LogP) is 4.63. The molecular weight excluding hydrogens is 287 g/mol. The van der Waals surface area contributed by atoms with Crippen molar-refractivity contribution in [2.24, 2.45) is 0 Å². The van der Waals surface area contributed by atoms with Crippen molar-refractivity contribution < 1.29 is 9.13 Å². The van der Waals surface area contributed by atoms with Gasteiger partial charge >= 0.3 is 0 Å². The normalized spacial score (nSPS) is 17.7. The van der Waals surface area contributed by atoms with Crippen LogP contribution in [0, 0.1) is 5.82 Å². The number of hydrogen-bond acceptors (Lipinski definition) is 4. The third kappa shape index (κ3) is 3.08. The van der Waals surface area contributed by atoms with Gasteiger partial charge in [0, 0.05) is 18.3 Å². The van der Waals surface area contributed by atoms with E-state index >= 15 is 0 Å². The first kappa shape index (κ1) is 14.1. The Bertz CT molecular complexity index is 610. The minimum Gasteiger partial charge on any atom is -0.467 e. The van der Waals surface area contributed by atoms with Crippen LogP contribution in [0.1, 0.15) is 31.1 Å². The first-order chi connectivity index (χ1) is 10.3. The Morgan fingerprint density at radius 2 is 2.14 bits per heavy atom. The van der Waals surface area contributed by atoms with Crippen molar-refractivity contribution in [3.05, 3.63) is 52.9 Å². The highest BCUT2D eigenvalue weighted by Gasteiger charge is 2.28. The highest BCUT2D eigenvalue weighted by Crippen LogP contribution is 2.34. The summed E-state index contributed by atoms with van der Waals surface area (Å²) >= 11 is 1.55. The number of anilines is 1. The topological polar surface area (TPSA) is 25.4 Å². The van der Waals surface area contributed by atoms with Gasteiger partial charge in [-0.15, -0.1) is 11.3 Å². The van der Waals surface area contributed by atoms with Crippen LogP contribution in [-0.4, -0.2) is 11.2 Å². The van der Waals surface area contributed by atoms with E-state index in [2.05, 4.69) is 16.8 Å².